The number of ether oxygens (including phenoxy) is 2. The molecule has 3 atom stereocenters. The molecule has 0 aliphatic carbocycles. The van der Waals surface area contributed by atoms with Crippen LogP contribution in [0.15, 0.2) is 54.6 Å². The summed E-state index contributed by atoms with van der Waals surface area (Å²) >= 11 is 0. The van der Waals surface area contributed by atoms with Crippen LogP contribution in [0.3, 0.4) is 0 Å². The summed E-state index contributed by atoms with van der Waals surface area (Å²) in [6.45, 7) is 10.9. The van der Waals surface area contributed by atoms with Crippen LogP contribution in [0.5, 0.6) is 5.75 Å². The van der Waals surface area contributed by atoms with Gasteiger partial charge in [0.05, 0.1) is 6.61 Å². The number of amides is 3. The molecule has 0 radical (unpaired) electrons. The summed E-state index contributed by atoms with van der Waals surface area (Å²) in [5.74, 6) is -2.13. The van der Waals surface area contributed by atoms with E-state index >= 15 is 0 Å². The number of aliphatic hydroxyl groups is 1. The second-order valence-electron chi connectivity index (χ2n) is 11.9. The molecule has 0 aliphatic heterocycles. The molecule has 0 aliphatic rings. The Morgan fingerprint density at radius 3 is 1.95 bits per heavy atom. The predicted molar refractivity (Wildman–Crippen MR) is 156 cm³/mol. The molecule has 0 saturated heterocycles. The van der Waals surface area contributed by atoms with Crippen LogP contribution in [-0.2, 0) is 30.3 Å². The maximum absolute atomic E-state index is 14.0. The molecule has 0 aromatic heterocycles. The molecule has 11 nitrogen and oxygen atoms in total. The van der Waals surface area contributed by atoms with Crippen LogP contribution in [0, 0.1) is 0 Å². The van der Waals surface area contributed by atoms with Gasteiger partial charge in [0.2, 0.25) is 11.8 Å². The summed E-state index contributed by atoms with van der Waals surface area (Å²) in [7, 11) is 0. The van der Waals surface area contributed by atoms with E-state index in [1.54, 1.807) is 41.5 Å². The van der Waals surface area contributed by atoms with Gasteiger partial charge in [0.1, 0.15) is 35.1 Å². The molecular weight excluding hydrogens is 542 g/mol. The third-order valence-electron chi connectivity index (χ3n) is 5.79. The Morgan fingerprint density at radius 2 is 1.43 bits per heavy atom. The first kappa shape index (κ1) is 34.1. The number of esters is 1. The first-order valence-electron chi connectivity index (χ1n) is 13.8. The number of nitrogens with one attached hydrogen (secondary N) is 2. The Hall–Kier alpha value is -4.12. The number of rotatable bonds is 11. The number of nitrogens with zero attached hydrogens (tertiary/aromatic N) is 1. The minimum absolute atomic E-state index is 0.0615. The summed E-state index contributed by atoms with van der Waals surface area (Å²) in [4.78, 5) is 54.3. The van der Waals surface area contributed by atoms with Gasteiger partial charge in [-0.25, -0.2) is 9.59 Å². The van der Waals surface area contributed by atoms with Gasteiger partial charge in [-0.15, -0.1) is 0 Å². The lowest BCUT2D eigenvalue weighted by Gasteiger charge is -2.34. The molecule has 42 heavy (non-hydrogen) atoms. The van der Waals surface area contributed by atoms with E-state index in [1.165, 1.54) is 31.2 Å². The number of hydrogen-bond donors (Lipinski definition) is 4. The minimum atomic E-state index is -1.34. The second-order valence-corrected chi connectivity index (χ2v) is 11.9. The number of hydrogen-bond acceptors (Lipinski definition) is 8. The van der Waals surface area contributed by atoms with Gasteiger partial charge in [0.25, 0.3) is 0 Å². The lowest BCUT2D eigenvalue weighted by Crippen LogP contribution is -2.54. The molecule has 2 aromatic rings. The Morgan fingerprint density at radius 1 is 0.857 bits per heavy atom. The maximum Gasteiger partial charge on any atom is 0.408 e. The second kappa shape index (κ2) is 14.7. The number of phenolic OH excluding ortho intramolecular Hbond substituents is 1. The van der Waals surface area contributed by atoms with Crippen molar-refractivity contribution in [1.29, 1.82) is 0 Å². The van der Waals surface area contributed by atoms with E-state index in [0.717, 1.165) is 10.5 Å². The standard InChI is InChI=1S/C31H43N3O8/c1-20(32-29(40)42-31(5,6)7)27(38)34(17-18-35)25(22-13-15-23(36)16-14-22)26(37)33-24(28(39)41-30(2,3)4)19-21-11-9-8-10-12-21/h8-16,20,24-25,35-36H,17-19H2,1-7H3,(H,32,40)(H,33,37). The van der Waals surface area contributed by atoms with E-state index in [9.17, 15) is 29.4 Å². The monoisotopic (exact) mass is 585 g/mol. The van der Waals surface area contributed by atoms with E-state index < -0.39 is 59.8 Å². The fourth-order valence-electron chi connectivity index (χ4n) is 4.07. The zero-order valence-corrected chi connectivity index (χ0v) is 25.3. The molecular formula is C31H43N3O8. The third-order valence-corrected chi connectivity index (χ3v) is 5.79. The van der Waals surface area contributed by atoms with Gasteiger partial charge in [-0.2, -0.15) is 0 Å². The first-order valence-corrected chi connectivity index (χ1v) is 13.8. The Kier molecular flexibility index (Phi) is 11.9. The van der Waals surface area contributed by atoms with Crippen LogP contribution in [0.25, 0.3) is 0 Å². The molecule has 2 aromatic carbocycles. The van der Waals surface area contributed by atoms with E-state index in [0.29, 0.717) is 5.56 Å². The molecule has 0 heterocycles. The van der Waals surface area contributed by atoms with Crippen LogP contribution in [-0.4, -0.2) is 75.4 Å². The average molecular weight is 586 g/mol. The van der Waals surface area contributed by atoms with Gasteiger partial charge in [-0.3, -0.25) is 9.59 Å². The molecule has 0 spiro atoms. The fourth-order valence-corrected chi connectivity index (χ4v) is 4.07. The van der Waals surface area contributed by atoms with Crippen LogP contribution < -0.4 is 10.6 Å². The Bertz CT molecular complexity index is 1200. The molecule has 3 unspecified atom stereocenters. The highest BCUT2D eigenvalue weighted by Gasteiger charge is 2.37. The van der Waals surface area contributed by atoms with Crippen LogP contribution in [0.2, 0.25) is 0 Å². The van der Waals surface area contributed by atoms with Gasteiger partial charge >= 0.3 is 12.1 Å². The van der Waals surface area contributed by atoms with Crippen molar-refractivity contribution in [3.8, 4) is 5.75 Å². The summed E-state index contributed by atoms with van der Waals surface area (Å²) in [6.07, 6.45) is -0.709. The van der Waals surface area contributed by atoms with Crippen molar-refractivity contribution >= 4 is 23.9 Å². The highest BCUT2D eigenvalue weighted by molar-refractivity contribution is 5.93. The van der Waals surface area contributed by atoms with Crippen LogP contribution in [0.4, 0.5) is 4.79 Å². The number of benzene rings is 2. The van der Waals surface area contributed by atoms with E-state index in [1.807, 2.05) is 30.3 Å². The predicted octanol–water partition coefficient (Wildman–Crippen LogP) is 3.24. The lowest BCUT2D eigenvalue weighted by atomic mass is 10.0. The largest absolute Gasteiger partial charge is 0.508 e. The normalized spacial score (nSPS) is 13.7. The number of phenols is 1. The van der Waals surface area contributed by atoms with Crippen molar-refractivity contribution < 1.29 is 38.9 Å². The first-order chi connectivity index (χ1) is 19.5. The number of alkyl carbamates (subject to hydrolysis) is 1. The number of aromatic hydroxyl groups is 1. The van der Waals surface area contributed by atoms with Crippen molar-refractivity contribution in [2.45, 2.75) is 84.2 Å². The minimum Gasteiger partial charge on any atom is -0.508 e. The SMILES string of the molecule is CC(NC(=O)OC(C)(C)C)C(=O)N(CCO)C(C(=O)NC(Cc1ccccc1)C(=O)OC(C)(C)C)c1ccc(O)cc1. The van der Waals surface area contributed by atoms with Crippen LogP contribution in [0.1, 0.15) is 65.6 Å². The summed E-state index contributed by atoms with van der Waals surface area (Å²) in [5.41, 5.74) is -0.552. The quantitative estimate of drug-likeness (QED) is 0.293. The van der Waals surface area contributed by atoms with Gasteiger partial charge in [-0.05, 0) is 71.7 Å². The van der Waals surface area contributed by atoms with Crippen molar-refractivity contribution in [2.24, 2.45) is 0 Å². The van der Waals surface area contributed by atoms with Gasteiger partial charge in [0, 0.05) is 13.0 Å². The highest BCUT2D eigenvalue weighted by atomic mass is 16.6. The molecule has 4 N–H and O–H groups in total. The van der Waals surface area contributed by atoms with Gasteiger partial charge < -0.3 is 35.2 Å². The summed E-state index contributed by atoms with van der Waals surface area (Å²) in [5, 5.41) is 24.9. The Balaban J connectivity index is 2.47. The number of carbonyl (C=O) groups excluding carboxylic acids is 4. The smallest absolute Gasteiger partial charge is 0.408 e. The van der Waals surface area contributed by atoms with E-state index in [-0.39, 0.29) is 18.7 Å². The van der Waals surface area contributed by atoms with Crippen molar-refractivity contribution in [2.75, 3.05) is 13.2 Å². The zero-order chi connectivity index (χ0) is 31.7. The molecule has 11 heteroatoms. The summed E-state index contributed by atoms with van der Waals surface area (Å²) < 4.78 is 10.8. The molecule has 230 valence electrons. The number of aliphatic hydroxyl groups excluding tert-OH is 1. The van der Waals surface area contributed by atoms with E-state index in [2.05, 4.69) is 10.6 Å². The highest BCUT2D eigenvalue weighted by Crippen LogP contribution is 2.25. The van der Waals surface area contributed by atoms with Gasteiger partial charge in [-0.1, -0.05) is 42.5 Å². The fraction of sp³-hybridized carbons (Fsp3) is 0.484. The number of carbonyl (C=O) groups is 4. The lowest BCUT2D eigenvalue weighted by molar-refractivity contribution is -0.159. The Labute approximate surface area is 247 Å². The summed E-state index contributed by atoms with van der Waals surface area (Å²) in [6, 6.07) is 11.1. The molecule has 0 saturated carbocycles. The van der Waals surface area contributed by atoms with Crippen molar-refractivity contribution in [1.82, 2.24) is 15.5 Å². The molecule has 3 amide bonds. The van der Waals surface area contributed by atoms with E-state index in [4.69, 9.17) is 9.47 Å². The zero-order valence-electron chi connectivity index (χ0n) is 25.3. The molecule has 2 rings (SSSR count). The van der Waals surface area contributed by atoms with Gasteiger partial charge in [0.15, 0.2) is 0 Å². The van der Waals surface area contributed by atoms with Crippen molar-refractivity contribution in [3.05, 3.63) is 65.7 Å². The van der Waals surface area contributed by atoms with Crippen molar-refractivity contribution in [3.63, 3.8) is 0 Å². The third kappa shape index (κ3) is 11.0. The average Bonchev–Trinajstić information content (AvgIpc) is 2.87. The maximum atomic E-state index is 14.0. The topological polar surface area (TPSA) is 154 Å². The molecule has 0 fully saturated rings. The van der Waals surface area contributed by atoms with Crippen LogP contribution >= 0.6 is 0 Å². The molecule has 0 bridgehead atoms.